The van der Waals surface area contributed by atoms with Gasteiger partial charge in [-0.15, -0.1) is 0 Å². The van der Waals surface area contributed by atoms with Gasteiger partial charge in [0.05, 0.1) is 6.61 Å². The summed E-state index contributed by atoms with van der Waals surface area (Å²) < 4.78 is 39.5. The Hall–Kier alpha value is -0.330. The molecule has 1 aliphatic rings. The minimum Gasteiger partial charge on any atom is -0.371 e. The van der Waals surface area contributed by atoms with Crippen LogP contribution in [0.3, 0.4) is 0 Å². The van der Waals surface area contributed by atoms with Crippen molar-refractivity contribution in [3.8, 4) is 0 Å². The minimum absolute atomic E-state index is 0.131. The van der Waals surface area contributed by atoms with Crippen molar-refractivity contribution in [1.82, 2.24) is 10.2 Å². The van der Waals surface area contributed by atoms with E-state index in [1.807, 2.05) is 11.9 Å². The lowest BCUT2D eigenvalue weighted by molar-refractivity contribution is -0.174. The fraction of sp³-hybridized carbons (Fsp3) is 1.00. The van der Waals surface area contributed by atoms with Crippen molar-refractivity contribution in [2.24, 2.45) is 0 Å². The fourth-order valence-electron chi connectivity index (χ4n) is 1.16. The molecule has 0 unspecified atom stereocenters. The van der Waals surface area contributed by atoms with E-state index < -0.39 is 12.8 Å². The average molecular weight is 212 g/mol. The largest absolute Gasteiger partial charge is 0.411 e. The Kier molecular flexibility index (Phi) is 4.15. The number of nitrogens with one attached hydrogen (secondary N) is 1. The van der Waals surface area contributed by atoms with E-state index in [1.165, 1.54) is 0 Å². The molecule has 0 spiro atoms. The van der Waals surface area contributed by atoms with Gasteiger partial charge < -0.3 is 10.1 Å². The highest BCUT2D eigenvalue weighted by atomic mass is 19.4. The van der Waals surface area contributed by atoms with Crippen molar-refractivity contribution in [2.75, 3.05) is 39.9 Å². The van der Waals surface area contributed by atoms with Gasteiger partial charge in [-0.3, -0.25) is 4.90 Å². The molecule has 1 heterocycles. The zero-order chi connectivity index (χ0) is 10.6. The number of likely N-dealkylation sites (N-methyl/N-ethyl adjacent to an activating group) is 1. The van der Waals surface area contributed by atoms with Crippen molar-refractivity contribution in [3.05, 3.63) is 0 Å². The van der Waals surface area contributed by atoms with E-state index in [-0.39, 0.29) is 6.61 Å². The third-order valence-electron chi connectivity index (χ3n) is 2.24. The number of halogens is 3. The SMILES string of the molecule is CN(CCOCC(F)(F)F)C1CNC1. The zero-order valence-corrected chi connectivity index (χ0v) is 8.10. The maximum Gasteiger partial charge on any atom is 0.411 e. The zero-order valence-electron chi connectivity index (χ0n) is 8.10. The number of ether oxygens (including phenoxy) is 1. The van der Waals surface area contributed by atoms with Crippen LogP contribution in [-0.2, 0) is 4.74 Å². The van der Waals surface area contributed by atoms with Gasteiger partial charge in [-0.2, -0.15) is 13.2 Å². The maximum absolute atomic E-state index is 11.7. The van der Waals surface area contributed by atoms with Gasteiger partial charge in [-0.05, 0) is 7.05 Å². The van der Waals surface area contributed by atoms with Gasteiger partial charge >= 0.3 is 6.18 Å². The summed E-state index contributed by atoms with van der Waals surface area (Å²) in [5.74, 6) is 0. The molecule has 3 nitrogen and oxygen atoms in total. The molecule has 0 aromatic heterocycles. The summed E-state index contributed by atoms with van der Waals surface area (Å²) in [6.07, 6.45) is -4.21. The van der Waals surface area contributed by atoms with Crippen LogP contribution in [0.1, 0.15) is 0 Å². The third-order valence-corrected chi connectivity index (χ3v) is 2.24. The molecule has 0 aromatic carbocycles. The normalized spacial score (nSPS) is 18.6. The standard InChI is InChI=1S/C8H15F3N2O/c1-13(7-4-12-5-7)2-3-14-6-8(9,10)11/h7,12H,2-6H2,1H3. The van der Waals surface area contributed by atoms with Crippen LogP contribution in [0, 0.1) is 0 Å². The second-order valence-electron chi connectivity index (χ2n) is 3.46. The van der Waals surface area contributed by atoms with Crippen LogP contribution in [0.25, 0.3) is 0 Å². The van der Waals surface area contributed by atoms with Crippen LogP contribution < -0.4 is 5.32 Å². The topological polar surface area (TPSA) is 24.5 Å². The molecule has 1 aliphatic heterocycles. The molecule has 1 N–H and O–H groups in total. The number of hydrogen-bond acceptors (Lipinski definition) is 3. The molecule has 0 bridgehead atoms. The predicted octanol–water partition coefficient (Wildman–Crippen LogP) is 0.469. The molecule has 14 heavy (non-hydrogen) atoms. The Morgan fingerprint density at radius 3 is 2.50 bits per heavy atom. The molecule has 0 aromatic rings. The van der Waals surface area contributed by atoms with Gasteiger partial charge in [0, 0.05) is 25.7 Å². The highest BCUT2D eigenvalue weighted by molar-refractivity contribution is 4.82. The second kappa shape index (κ2) is 4.95. The first-order valence-electron chi connectivity index (χ1n) is 4.54. The van der Waals surface area contributed by atoms with Gasteiger partial charge in [0.1, 0.15) is 6.61 Å². The third kappa shape index (κ3) is 4.26. The van der Waals surface area contributed by atoms with Gasteiger partial charge in [0.25, 0.3) is 0 Å². The van der Waals surface area contributed by atoms with Gasteiger partial charge in [0.15, 0.2) is 0 Å². The van der Waals surface area contributed by atoms with Crippen molar-refractivity contribution in [1.29, 1.82) is 0 Å². The summed E-state index contributed by atoms with van der Waals surface area (Å²) in [4.78, 5) is 2.01. The fourth-order valence-corrected chi connectivity index (χ4v) is 1.16. The minimum atomic E-state index is -4.21. The molecule has 0 amide bonds. The Bertz CT molecular complexity index is 170. The summed E-state index contributed by atoms with van der Waals surface area (Å²) in [6, 6.07) is 0.449. The predicted molar refractivity (Wildman–Crippen MR) is 46.2 cm³/mol. The Morgan fingerprint density at radius 1 is 1.43 bits per heavy atom. The number of rotatable bonds is 5. The van der Waals surface area contributed by atoms with E-state index >= 15 is 0 Å². The van der Waals surface area contributed by atoms with Gasteiger partial charge in [-0.1, -0.05) is 0 Å². The number of hydrogen-bond donors (Lipinski definition) is 1. The summed E-state index contributed by atoms with van der Waals surface area (Å²) >= 11 is 0. The Morgan fingerprint density at radius 2 is 2.07 bits per heavy atom. The van der Waals surface area contributed by atoms with Crippen molar-refractivity contribution >= 4 is 0 Å². The Labute approximate surface area is 81.2 Å². The smallest absolute Gasteiger partial charge is 0.371 e. The second-order valence-corrected chi connectivity index (χ2v) is 3.46. The first-order valence-corrected chi connectivity index (χ1v) is 4.54. The summed E-state index contributed by atoms with van der Waals surface area (Å²) in [5.41, 5.74) is 0. The Balaban J connectivity index is 1.97. The van der Waals surface area contributed by atoms with Gasteiger partial charge in [-0.25, -0.2) is 0 Å². The lowest BCUT2D eigenvalue weighted by atomic mass is 10.1. The lowest BCUT2D eigenvalue weighted by Crippen LogP contribution is -2.56. The molecule has 1 saturated heterocycles. The summed E-state index contributed by atoms with van der Waals surface area (Å²) in [5, 5.41) is 3.09. The van der Waals surface area contributed by atoms with Gasteiger partial charge in [0.2, 0.25) is 0 Å². The highest BCUT2D eigenvalue weighted by Gasteiger charge is 2.27. The monoisotopic (exact) mass is 212 g/mol. The lowest BCUT2D eigenvalue weighted by Gasteiger charge is -2.35. The van der Waals surface area contributed by atoms with Crippen LogP contribution in [0.2, 0.25) is 0 Å². The van der Waals surface area contributed by atoms with Crippen LogP contribution in [0.5, 0.6) is 0 Å². The molecule has 0 atom stereocenters. The van der Waals surface area contributed by atoms with E-state index in [2.05, 4.69) is 10.1 Å². The molecule has 1 fully saturated rings. The summed E-state index contributed by atoms with van der Waals surface area (Å²) in [6.45, 7) is 1.35. The van der Waals surface area contributed by atoms with Crippen molar-refractivity contribution < 1.29 is 17.9 Å². The van der Waals surface area contributed by atoms with E-state index in [9.17, 15) is 13.2 Å². The number of nitrogens with zero attached hydrogens (tertiary/aromatic N) is 1. The molecule has 0 radical (unpaired) electrons. The summed E-state index contributed by atoms with van der Waals surface area (Å²) in [7, 11) is 1.89. The number of alkyl halides is 3. The van der Waals surface area contributed by atoms with Crippen molar-refractivity contribution in [3.63, 3.8) is 0 Å². The highest BCUT2D eigenvalue weighted by Crippen LogP contribution is 2.14. The molecular formula is C8H15F3N2O. The quantitative estimate of drug-likeness (QED) is 0.670. The molecule has 0 aliphatic carbocycles. The average Bonchev–Trinajstić information content (AvgIpc) is 1.92. The van der Waals surface area contributed by atoms with Crippen LogP contribution >= 0.6 is 0 Å². The van der Waals surface area contributed by atoms with E-state index in [0.29, 0.717) is 12.6 Å². The van der Waals surface area contributed by atoms with E-state index in [4.69, 9.17) is 0 Å². The maximum atomic E-state index is 11.7. The van der Waals surface area contributed by atoms with Crippen LogP contribution in [-0.4, -0.2) is 57.0 Å². The first-order chi connectivity index (χ1) is 6.49. The molecule has 1 rings (SSSR count). The molecule has 0 saturated carbocycles. The molecule has 84 valence electrons. The molecule has 6 heteroatoms. The van der Waals surface area contributed by atoms with Crippen LogP contribution in [0.15, 0.2) is 0 Å². The van der Waals surface area contributed by atoms with E-state index in [0.717, 1.165) is 13.1 Å². The van der Waals surface area contributed by atoms with E-state index in [1.54, 1.807) is 0 Å². The first kappa shape index (κ1) is 11.7. The van der Waals surface area contributed by atoms with Crippen LogP contribution in [0.4, 0.5) is 13.2 Å². The van der Waals surface area contributed by atoms with Crippen molar-refractivity contribution in [2.45, 2.75) is 12.2 Å². The molecular weight excluding hydrogens is 197 g/mol.